The van der Waals surface area contributed by atoms with Gasteiger partial charge in [-0.2, -0.15) is 0 Å². The normalized spacial score (nSPS) is 13.0. The first-order valence-corrected chi connectivity index (χ1v) is 10.1. The minimum atomic E-state index is -0.983. The quantitative estimate of drug-likeness (QED) is 0.307. The second-order valence-corrected chi connectivity index (χ2v) is 7.67. The predicted octanol–water partition coefficient (Wildman–Crippen LogP) is 5.79. The van der Waals surface area contributed by atoms with Crippen LogP contribution in [0.5, 0.6) is 0 Å². The van der Waals surface area contributed by atoms with Crippen LogP contribution in [0.25, 0.3) is 11.0 Å². The zero-order valence-corrected chi connectivity index (χ0v) is 17.5. The molecule has 0 aliphatic carbocycles. The van der Waals surface area contributed by atoms with Gasteiger partial charge < -0.3 is 5.32 Å². The summed E-state index contributed by atoms with van der Waals surface area (Å²) >= 11 is 12.3. The lowest BCUT2D eigenvalue weighted by atomic mass is 9.89. The number of nitrogens with zero attached hydrogens (tertiary/aromatic N) is 3. The van der Waals surface area contributed by atoms with Crippen molar-refractivity contribution in [3.63, 3.8) is 0 Å². The van der Waals surface area contributed by atoms with Gasteiger partial charge in [-0.05, 0) is 42.0 Å². The number of para-hydroxylation sites is 1. The maximum absolute atomic E-state index is 13.7. The Morgan fingerprint density at radius 3 is 2.67 bits per heavy atom. The van der Waals surface area contributed by atoms with E-state index in [-0.39, 0.29) is 5.82 Å². The van der Waals surface area contributed by atoms with Crippen molar-refractivity contribution >= 4 is 45.5 Å². The molecule has 0 aliphatic heterocycles. The summed E-state index contributed by atoms with van der Waals surface area (Å²) in [7, 11) is 0. The van der Waals surface area contributed by atoms with Gasteiger partial charge in [-0.15, -0.1) is 11.7 Å². The van der Waals surface area contributed by atoms with Crippen molar-refractivity contribution in [2.24, 2.45) is 0 Å². The molecule has 0 spiro atoms. The Bertz CT molecular complexity index is 1240. The molecule has 30 heavy (non-hydrogen) atoms. The van der Waals surface area contributed by atoms with Crippen LogP contribution in [0.3, 0.4) is 0 Å². The Kier molecular flexibility index (Phi) is 5.61. The van der Waals surface area contributed by atoms with Gasteiger partial charge in [-0.3, -0.25) is 0 Å². The molecule has 1 atom stereocenters. The number of nitrogens with one attached hydrogen (secondary N) is 1. The first kappa shape index (κ1) is 20.2. The van der Waals surface area contributed by atoms with Crippen LogP contribution in [0.2, 0.25) is 5.02 Å². The minimum absolute atomic E-state index is 0.357. The molecule has 0 fully saturated rings. The molecule has 7 heteroatoms. The first-order valence-electron chi connectivity index (χ1n) is 9.28. The second kappa shape index (κ2) is 8.34. The molecule has 0 bridgehead atoms. The van der Waals surface area contributed by atoms with E-state index in [4.69, 9.17) is 23.8 Å². The van der Waals surface area contributed by atoms with E-state index < -0.39 is 5.54 Å². The number of anilines is 1. The third kappa shape index (κ3) is 3.72. The highest BCUT2D eigenvalue weighted by Gasteiger charge is 2.37. The van der Waals surface area contributed by atoms with Gasteiger partial charge in [0.25, 0.3) is 0 Å². The van der Waals surface area contributed by atoms with Crippen LogP contribution in [0.1, 0.15) is 5.56 Å². The Hall–Kier alpha value is -3.09. The summed E-state index contributed by atoms with van der Waals surface area (Å²) in [5.41, 5.74) is 1.96. The molecule has 4 aromatic rings. The highest BCUT2D eigenvalue weighted by Crippen LogP contribution is 2.32. The molecule has 3 aromatic carbocycles. The van der Waals surface area contributed by atoms with Crippen LogP contribution in [0.15, 0.2) is 85.5 Å². The number of rotatable bonds is 6. The van der Waals surface area contributed by atoms with Crippen molar-refractivity contribution in [2.45, 2.75) is 12.0 Å². The molecule has 150 valence electrons. The molecule has 0 amide bonds. The van der Waals surface area contributed by atoms with E-state index in [1.54, 1.807) is 22.9 Å². The van der Waals surface area contributed by atoms with Crippen LogP contribution >= 0.6 is 23.8 Å². The Labute approximate surface area is 184 Å². The summed E-state index contributed by atoms with van der Waals surface area (Å²) in [6.45, 7) is 4.07. The average Bonchev–Trinajstić information content (AvgIpc) is 3.18. The number of fused-ring (bicyclic) bond motifs is 1. The Balaban J connectivity index is 1.86. The molecule has 1 unspecified atom stereocenters. The first-order chi connectivity index (χ1) is 14.5. The van der Waals surface area contributed by atoms with E-state index in [0.29, 0.717) is 22.1 Å². The topological polar surface area (TPSA) is 42.7 Å². The molecule has 4 nitrogen and oxygen atoms in total. The van der Waals surface area contributed by atoms with E-state index in [2.05, 4.69) is 22.2 Å². The summed E-state index contributed by atoms with van der Waals surface area (Å²) < 4.78 is 15.5. The highest BCUT2D eigenvalue weighted by atomic mass is 35.5. The summed E-state index contributed by atoms with van der Waals surface area (Å²) in [5.74, 6) is -0.357. The number of halogens is 2. The van der Waals surface area contributed by atoms with Crippen LogP contribution in [-0.4, -0.2) is 20.0 Å². The number of thiocarbonyl (C=S) groups is 1. The smallest absolute Gasteiger partial charge is 0.137 e. The lowest BCUT2D eigenvalue weighted by Crippen LogP contribution is -2.45. The highest BCUT2D eigenvalue weighted by molar-refractivity contribution is 7.80. The van der Waals surface area contributed by atoms with E-state index >= 15 is 0 Å². The third-order valence-corrected chi connectivity index (χ3v) is 5.79. The molecule has 4 rings (SSSR count). The molecule has 0 aliphatic rings. The van der Waals surface area contributed by atoms with Crippen LogP contribution < -0.4 is 5.32 Å². The maximum Gasteiger partial charge on any atom is 0.137 e. The molecule has 1 heterocycles. The molecule has 0 saturated carbocycles. The van der Waals surface area contributed by atoms with Crippen molar-refractivity contribution in [1.29, 1.82) is 0 Å². The molecular formula is C23H18ClFN4S. The third-order valence-electron chi connectivity index (χ3n) is 4.96. The minimum Gasteiger partial charge on any atom is -0.348 e. The molecule has 1 aromatic heterocycles. The predicted molar refractivity (Wildman–Crippen MR) is 123 cm³/mol. The van der Waals surface area contributed by atoms with Crippen molar-refractivity contribution in [2.75, 3.05) is 5.32 Å². The molecule has 0 radical (unpaired) electrons. The standard InChI is InChI=1S/C23H18ClFN4S/c1-2-23(15-16-8-3-4-11-19(16)24,22(30)26-18-10-7-9-17(25)14-18)29-21-13-6-5-12-20(21)27-28-29/h2-14H,1,15H2,(H,26,30). The lowest BCUT2D eigenvalue weighted by molar-refractivity contribution is 0.452. The Morgan fingerprint density at radius 1 is 1.13 bits per heavy atom. The van der Waals surface area contributed by atoms with Crippen LogP contribution in [0, 0.1) is 5.82 Å². The number of hydrogen-bond acceptors (Lipinski definition) is 3. The number of aromatic nitrogens is 3. The lowest BCUT2D eigenvalue weighted by Gasteiger charge is -2.33. The van der Waals surface area contributed by atoms with Gasteiger partial charge in [0.05, 0.1) is 5.52 Å². The number of hydrogen-bond donors (Lipinski definition) is 1. The Morgan fingerprint density at radius 2 is 1.90 bits per heavy atom. The van der Waals surface area contributed by atoms with Crippen molar-refractivity contribution in [3.05, 3.63) is 102 Å². The van der Waals surface area contributed by atoms with E-state index in [1.165, 1.54) is 12.1 Å². The maximum atomic E-state index is 13.7. The van der Waals surface area contributed by atoms with Crippen LogP contribution in [-0.2, 0) is 12.0 Å². The van der Waals surface area contributed by atoms with Gasteiger partial charge in [0.2, 0.25) is 0 Å². The van der Waals surface area contributed by atoms with E-state index in [1.807, 2.05) is 48.5 Å². The van der Waals surface area contributed by atoms with Gasteiger partial charge in [-0.1, -0.05) is 71.5 Å². The van der Waals surface area contributed by atoms with Crippen molar-refractivity contribution in [1.82, 2.24) is 15.0 Å². The largest absolute Gasteiger partial charge is 0.348 e. The van der Waals surface area contributed by atoms with Crippen molar-refractivity contribution < 1.29 is 4.39 Å². The molecule has 1 N–H and O–H groups in total. The van der Waals surface area contributed by atoms with Crippen molar-refractivity contribution in [3.8, 4) is 0 Å². The fraction of sp³-hybridized carbons (Fsp3) is 0.0870. The summed E-state index contributed by atoms with van der Waals surface area (Å²) in [4.78, 5) is 0.402. The zero-order chi connectivity index (χ0) is 21.1. The van der Waals surface area contributed by atoms with Gasteiger partial charge >= 0.3 is 0 Å². The fourth-order valence-corrected chi connectivity index (χ4v) is 3.97. The van der Waals surface area contributed by atoms with E-state index in [0.717, 1.165) is 16.6 Å². The fourth-order valence-electron chi connectivity index (χ4n) is 3.40. The zero-order valence-electron chi connectivity index (χ0n) is 15.9. The second-order valence-electron chi connectivity index (χ2n) is 6.85. The monoisotopic (exact) mass is 436 g/mol. The number of benzene rings is 3. The van der Waals surface area contributed by atoms with Crippen LogP contribution in [0.4, 0.5) is 10.1 Å². The van der Waals surface area contributed by atoms with Gasteiger partial charge in [0.1, 0.15) is 21.9 Å². The van der Waals surface area contributed by atoms with E-state index in [9.17, 15) is 4.39 Å². The average molecular weight is 437 g/mol. The molecular weight excluding hydrogens is 419 g/mol. The van der Waals surface area contributed by atoms with Gasteiger partial charge in [0.15, 0.2) is 0 Å². The SMILES string of the molecule is C=CC(Cc1ccccc1Cl)(C(=S)Nc1cccc(F)c1)n1nnc2ccccc21. The summed E-state index contributed by atoms with van der Waals surface area (Å²) in [6, 6.07) is 21.3. The molecule has 0 saturated heterocycles. The summed E-state index contributed by atoms with van der Waals surface area (Å²) in [5, 5.41) is 12.4. The summed E-state index contributed by atoms with van der Waals surface area (Å²) in [6.07, 6.45) is 2.12. The van der Waals surface area contributed by atoms with Gasteiger partial charge in [0, 0.05) is 17.1 Å². The van der Waals surface area contributed by atoms with Gasteiger partial charge in [-0.25, -0.2) is 9.07 Å².